The van der Waals surface area contributed by atoms with Crippen molar-refractivity contribution in [3.8, 4) is 0 Å². The van der Waals surface area contributed by atoms with Gasteiger partial charge in [-0.1, -0.05) is 94.8 Å². The highest BCUT2D eigenvalue weighted by Gasteiger charge is 2.40. The van der Waals surface area contributed by atoms with Crippen LogP contribution in [-0.4, -0.2) is 189 Å². The predicted molar refractivity (Wildman–Crippen MR) is 312 cm³/mol. The average molecular weight is 1230 g/mol. The van der Waals surface area contributed by atoms with Gasteiger partial charge in [-0.25, -0.2) is 14.4 Å². The standard InChI is InChI=1S/C56H87N13O18/c1-10-30(4)40(49(79)66-41(31(5)72)48(78)60-25-39(74)61-37(26-70)47(77)64-38(27-71)52(82)83)65-45(75)35(22-17-23-59-53(57)58)62-46(76)36(24-29(2)3)63-50(80)42(32(6)73)67-51(81)44(69-54(84)86-28-33-18-13-11-14-19-33)43(34-20-15-12-16-21-34)68-55(85)87-56(7,8)9/h11-16,18-21,29-32,35-38,40-44,70-73H,10,17,22-28H2,1-9H3,(H,60,78)(H,61,74)(H,62,76)(H,63,80)(H,64,77)(H,65,75)(H,66,79)(H,67,81)(H,68,85)(H,69,84)(H,82,83)(H4,57,58,59)/t30-,31-,32+,35+,36-,37-,38-,40-,41-,42-,43+,44-/m0/s1. The molecule has 0 aromatic heterocycles. The zero-order valence-corrected chi connectivity index (χ0v) is 50.3. The highest BCUT2D eigenvalue weighted by molar-refractivity contribution is 5.98. The van der Waals surface area contributed by atoms with Crippen molar-refractivity contribution in [3.05, 3.63) is 71.8 Å². The van der Waals surface area contributed by atoms with Crippen molar-refractivity contribution in [3.63, 3.8) is 0 Å². The summed E-state index contributed by atoms with van der Waals surface area (Å²) in [6.07, 6.45) is -5.39. The molecular formula is C56H87N13O18. The van der Waals surface area contributed by atoms with E-state index < -0.39 is 169 Å². The molecular weight excluding hydrogens is 1140 g/mol. The summed E-state index contributed by atoms with van der Waals surface area (Å²) in [7, 11) is 0. The number of aliphatic hydroxyl groups is 4. The molecule has 0 saturated heterocycles. The summed E-state index contributed by atoms with van der Waals surface area (Å²) >= 11 is 0. The lowest BCUT2D eigenvalue weighted by atomic mass is 9.96. The van der Waals surface area contributed by atoms with E-state index in [0.717, 1.165) is 6.92 Å². The molecule has 0 heterocycles. The zero-order valence-electron chi connectivity index (χ0n) is 50.3. The second-order valence-corrected chi connectivity index (χ2v) is 21.9. The summed E-state index contributed by atoms with van der Waals surface area (Å²) in [5.41, 5.74) is 5.35. The number of nitrogens with one attached hydrogen (secondary N) is 12. The Balaban J connectivity index is 2.48. The molecule has 10 amide bonds. The molecule has 12 atom stereocenters. The fourth-order valence-corrected chi connectivity index (χ4v) is 8.11. The number of hydrogen-bond donors (Lipinski definition) is 18. The van der Waals surface area contributed by atoms with Crippen LogP contribution in [0.25, 0.3) is 0 Å². The zero-order chi connectivity index (χ0) is 65.7. The monoisotopic (exact) mass is 1230 g/mol. The van der Waals surface area contributed by atoms with Crippen molar-refractivity contribution in [2.45, 2.75) is 167 Å². The van der Waals surface area contributed by atoms with Crippen LogP contribution in [0.3, 0.4) is 0 Å². The van der Waals surface area contributed by atoms with Crippen LogP contribution in [0.15, 0.2) is 60.7 Å². The smallest absolute Gasteiger partial charge is 0.408 e. The van der Waals surface area contributed by atoms with Gasteiger partial charge in [-0.2, -0.15) is 0 Å². The van der Waals surface area contributed by atoms with E-state index in [4.69, 9.17) is 25.7 Å². The van der Waals surface area contributed by atoms with E-state index in [2.05, 4.69) is 53.2 Å². The Hall–Kier alpha value is -8.68. The number of benzene rings is 2. The van der Waals surface area contributed by atoms with Crippen LogP contribution in [0.4, 0.5) is 9.59 Å². The van der Waals surface area contributed by atoms with Crippen molar-refractivity contribution in [1.82, 2.24) is 58.5 Å². The van der Waals surface area contributed by atoms with E-state index >= 15 is 0 Å². The number of guanidine groups is 1. The number of aliphatic hydroxyl groups excluding tert-OH is 4. The Morgan fingerprint density at radius 2 is 1.07 bits per heavy atom. The fourth-order valence-electron chi connectivity index (χ4n) is 8.11. The number of ether oxygens (including phenoxy) is 2. The highest BCUT2D eigenvalue weighted by atomic mass is 16.6. The maximum absolute atomic E-state index is 14.6. The first-order valence-electron chi connectivity index (χ1n) is 28.1. The molecule has 31 nitrogen and oxygen atoms in total. The maximum atomic E-state index is 14.6. The van der Waals surface area contributed by atoms with Gasteiger partial charge >= 0.3 is 18.2 Å². The Kier molecular flexibility index (Phi) is 31.7. The van der Waals surface area contributed by atoms with Crippen LogP contribution < -0.4 is 64.2 Å². The summed E-state index contributed by atoms with van der Waals surface area (Å²) in [5.74, 6) is -11.6. The summed E-state index contributed by atoms with van der Waals surface area (Å²) in [6, 6.07) is 1.80. The minimum absolute atomic E-state index is 0.0250. The third kappa shape index (κ3) is 27.1. The van der Waals surface area contributed by atoms with Crippen molar-refractivity contribution >= 4 is 71.4 Å². The molecule has 2 rings (SSSR count). The molecule has 0 spiro atoms. The lowest BCUT2D eigenvalue weighted by Crippen LogP contribution is -2.63. The van der Waals surface area contributed by atoms with Gasteiger partial charge in [0.1, 0.15) is 60.5 Å². The third-order valence-electron chi connectivity index (χ3n) is 12.9. The number of aliphatic carboxylic acids is 1. The molecule has 87 heavy (non-hydrogen) atoms. The molecule has 484 valence electrons. The summed E-state index contributed by atoms with van der Waals surface area (Å²) in [6.45, 7) is 10.7. The van der Waals surface area contributed by atoms with Gasteiger partial charge in [-0.3, -0.25) is 43.8 Å². The van der Waals surface area contributed by atoms with E-state index in [9.17, 15) is 73.2 Å². The summed E-state index contributed by atoms with van der Waals surface area (Å²) < 4.78 is 10.9. The van der Waals surface area contributed by atoms with Crippen molar-refractivity contribution in [1.29, 1.82) is 5.41 Å². The van der Waals surface area contributed by atoms with E-state index in [0.29, 0.717) is 11.1 Å². The molecule has 0 bridgehead atoms. The molecule has 0 aliphatic heterocycles. The SMILES string of the molecule is CC[C@H](C)[C@H](NC(=O)[C@@H](CCCNC(=N)N)NC(=O)[C@H](CC(C)C)NC(=O)[C@@H](NC(=O)[C@@H](NC(=O)OCc1ccccc1)[C@H](NC(=O)OC(C)(C)C)c1ccccc1)[C@@H](C)O)C(=O)N[C@H](C(=O)NCC(=O)N[C@@H](CO)C(=O)N[C@@H](CO)C(=O)O)[C@H](C)O. The Labute approximate surface area is 504 Å². The number of carbonyl (C=O) groups excluding carboxylic acids is 10. The number of nitrogens with two attached hydrogens (primary N) is 1. The van der Waals surface area contributed by atoms with Crippen molar-refractivity contribution in [2.75, 3.05) is 26.3 Å². The molecule has 0 saturated carbocycles. The van der Waals surface area contributed by atoms with E-state index in [1.165, 1.54) is 6.92 Å². The second-order valence-electron chi connectivity index (χ2n) is 21.9. The lowest BCUT2D eigenvalue weighted by molar-refractivity contribution is -0.143. The fraction of sp³-hybridized carbons (Fsp3) is 0.571. The summed E-state index contributed by atoms with van der Waals surface area (Å²) in [5, 5.41) is 83.7. The van der Waals surface area contributed by atoms with Crippen molar-refractivity contribution in [2.24, 2.45) is 17.6 Å². The van der Waals surface area contributed by atoms with Gasteiger partial charge in [-0.05, 0) is 76.8 Å². The van der Waals surface area contributed by atoms with E-state index in [1.807, 2.05) is 5.32 Å². The lowest BCUT2D eigenvalue weighted by Gasteiger charge is -2.32. The first-order chi connectivity index (χ1) is 40.8. The Morgan fingerprint density at radius 3 is 1.59 bits per heavy atom. The second kappa shape index (κ2) is 37.0. The average Bonchev–Trinajstić information content (AvgIpc) is 3.06. The van der Waals surface area contributed by atoms with Gasteiger partial charge in [0, 0.05) is 6.54 Å². The molecule has 0 aliphatic carbocycles. The number of alkyl carbamates (subject to hydrolysis) is 2. The number of rotatable bonds is 35. The van der Waals surface area contributed by atoms with E-state index in [-0.39, 0.29) is 44.8 Å². The van der Waals surface area contributed by atoms with Gasteiger partial charge in [0.05, 0.1) is 38.0 Å². The molecule has 31 heteroatoms. The number of carbonyl (C=O) groups is 11. The first-order valence-corrected chi connectivity index (χ1v) is 28.1. The molecule has 19 N–H and O–H groups in total. The number of carboxylic acids is 1. The Morgan fingerprint density at radius 1 is 0.575 bits per heavy atom. The number of amides is 10. The van der Waals surface area contributed by atoms with E-state index in [1.54, 1.807) is 109 Å². The number of carboxylic acid groups (broad SMARTS) is 1. The highest BCUT2D eigenvalue weighted by Crippen LogP contribution is 2.21. The molecule has 0 unspecified atom stereocenters. The van der Waals surface area contributed by atoms with Crippen LogP contribution in [0.5, 0.6) is 0 Å². The van der Waals surface area contributed by atoms with Gasteiger partial charge in [0.2, 0.25) is 47.3 Å². The largest absolute Gasteiger partial charge is 0.480 e. The topological polar surface area (TPSA) is 490 Å². The molecule has 0 radical (unpaired) electrons. The van der Waals surface area contributed by atoms with Crippen LogP contribution in [0, 0.1) is 17.2 Å². The molecule has 2 aromatic rings. The molecule has 2 aromatic carbocycles. The van der Waals surface area contributed by atoms with Crippen LogP contribution >= 0.6 is 0 Å². The predicted octanol–water partition coefficient (Wildman–Crippen LogP) is -2.76. The minimum Gasteiger partial charge on any atom is -0.480 e. The van der Waals surface area contributed by atoms with Crippen molar-refractivity contribution < 1.29 is 87.7 Å². The third-order valence-corrected chi connectivity index (χ3v) is 12.9. The van der Waals surface area contributed by atoms with Crippen LogP contribution in [-0.2, 0) is 59.2 Å². The normalized spacial score (nSPS) is 15.3. The van der Waals surface area contributed by atoms with Crippen LogP contribution in [0.1, 0.15) is 105 Å². The Bertz CT molecular complexity index is 2630. The van der Waals surface area contributed by atoms with Gasteiger partial charge in [0.15, 0.2) is 5.96 Å². The quantitative estimate of drug-likeness (QED) is 0.0189. The summed E-state index contributed by atoms with van der Waals surface area (Å²) in [4.78, 5) is 148. The van der Waals surface area contributed by atoms with Gasteiger partial charge < -0.3 is 99.2 Å². The maximum Gasteiger partial charge on any atom is 0.408 e. The van der Waals surface area contributed by atoms with Gasteiger partial charge in [-0.15, -0.1) is 0 Å². The molecule has 0 aliphatic rings. The minimum atomic E-state index is -1.86. The first kappa shape index (κ1) is 74.4. The van der Waals surface area contributed by atoms with Gasteiger partial charge in [0.25, 0.3) is 0 Å². The number of hydrogen-bond acceptors (Lipinski definition) is 18. The van der Waals surface area contributed by atoms with Crippen LogP contribution in [0.2, 0.25) is 0 Å². The molecule has 0 fully saturated rings.